The van der Waals surface area contributed by atoms with Gasteiger partial charge in [-0.3, -0.25) is 0 Å². The van der Waals surface area contributed by atoms with Crippen LogP contribution in [0.25, 0.3) is 0 Å². The first kappa shape index (κ1) is 17.8. The van der Waals surface area contributed by atoms with Crippen LogP contribution in [0.1, 0.15) is 19.2 Å². The third-order valence-electron chi connectivity index (χ3n) is 1.88. The molecule has 18 heavy (non-hydrogen) atoms. The average Bonchev–Trinajstić information content (AvgIpc) is 2.33. The maximum atomic E-state index is 5.35. The van der Waals surface area contributed by atoms with E-state index < -0.39 is 0 Å². The Morgan fingerprint density at radius 1 is 1.17 bits per heavy atom. The first-order chi connectivity index (χ1) is 8.33. The molecule has 0 saturated heterocycles. The van der Waals surface area contributed by atoms with E-state index in [4.69, 9.17) is 9.47 Å². The zero-order valence-corrected chi connectivity index (χ0v) is 13.8. The maximum Gasteiger partial charge on any atom is 0.109 e. The molecule has 0 bridgehead atoms. The third-order valence-corrected chi connectivity index (χ3v) is 1.88. The van der Waals surface area contributed by atoms with E-state index in [-0.39, 0.29) is 32.7 Å². The Kier molecular flexibility index (Phi) is 11.8. The summed E-state index contributed by atoms with van der Waals surface area (Å²) in [5.74, 6) is 0.743. The van der Waals surface area contributed by atoms with Crippen molar-refractivity contribution in [2.45, 2.75) is 20.3 Å². The number of H-pyrrole nitrogens is 1. The molecule has 1 N–H and O–H groups in total. The molecule has 99 valence electrons. The van der Waals surface area contributed by atoms with Gasteiger partial charge in [0.05, 0.1) is 26.4 Å². The van der Waals surface area contributed by atoms with E-state index in [1.807, 2.05) is 6.92 Å². The predicted octanol–water partition coefficient (Wildman–Crippen LogP) is 0.255. The fourth-order valence-corrected chi connectivity index (χ4v) is 1.12. The van der Waals surface area contributed by atoms with E-state index in [9.17, 15) is 0 Å². The predicted molar refractivity (Wildman–Crippen MR) is 62.3 cm³/mol. The van der Waals surface area contributed by atoms with Crippen LogP contribution >= 0.6 is 0 Å². The largest absolute Gasteiger partial charge is 0.419 e. The van der Waals surface area contributed by atoms with Crippen molar-refractivity contribution < 1.29 is 42.2 Å². The molecule has 1 heterocycles. The van der Waals surface area contributed by atoms with Crippen molar-refractivity contribution in [3.63, 3.8) is 0 Å². The molecule has 0 atom stereocenters. The van der Waals surface area contributed by atoms with Gasteiger partial charge in [-0.2, -0.15) is 0 Å². The molecule has 1 radical (unpaired) electrons. The number of rotatable bonds is 8. The Balaban J connectivity index is 0.00000289. The standard InChI is InChI=1S/C11H19N4O2.Y/c1-3-5-16-7-8-17-6-4-12-11-14-9-13-10(2)15-11;/h3-8H2,1-2H3,(H,12,13,14,15);/q-1;. The fraction of sp³-hybridized carbons (Fsp3) is 0.727. The smallest absolute Gasteiger partial charge is 0.109 e. The van der Waals surface area contributed by atoms with Crippen LogP contribution in [-0.2, 0) is 42.2 Å². The van der Waals surface area contributed by atoms with E-state index in [0.29, 0.717) is 32.0 Å². The summed E-state index contributed by atoms with van der Waals surface area (Å²) in [6, 6.07) is 0. The number of hydrogen-bond acceptors (Lipinski definition) is 5. The second kappa shape index (κ2) is 11.9. The summed E-state index contributed by atoms with van der Waals surface area (Å²) in [6.07, 6.45) is 3.56. The molecular formula is C11H19N4O2Y-. The maximum absolute atomic E-state index is 5.35. The van der Waals surface area contributed by atoms with E-state index in [2.05, 4.69) is 33.2 Å². The summed E-state index contributed by atoms with van der Waals surface area (Å²) in [7, 11) is 0. The Morgan fingerprint density at radius 3 is 2.56 bits per heavy atom. The van der Waals surface area contributed by atoms with E-state index in [0.717, 1.165) is 18.9 Å². The van der Waals surface area contributed by atoms with Crippen LogP contribution in [0.4, 0.5) is 0 Å². The normalized spacial score (nSPS) is 11.3. The quantitative estimate of drug-likeness (QED) is 0.549. The van der Waals surface area contributed by atoms with Gasteiger partial charge in [0.25, 0.3) is 0 Å². The molecule has 0 fully saturated rings. The number of ether oxygens (including phenoxy) is 2. The van der Waals surface area contributed by atoms with Gasteiger partial charge in [0.2, 0.25) is 0 Å². The summed E-state index contributed by atoms with van der Waals surface area (Å²) < 4.78 is 10.6. The molecule has 1 aromatic rings. The number of aryl methyl sites for hydroxylation is 1. The fourth-order valence-electron chi connectivity index (χ4n) is 1.12. The second-order valence-electron chi connectivity index (χ2n) is 3.46. The first-order valence-electron chi connectivity index (χ1n) is 5.80. The summed E-state index contributed by atoms with van der Waals surface area (Å²) in [4.78, 5) is 14.8. The summed E-state index contributed by atoms with van der Waals surface area (Å²) in [5, 5.41) is 0. The van der Waals surface area contributed by atoms with Crippen molar-refractivity contribution in [1.29, 1.82) is 0 Å². The Morgan fingerprint density at radius 2 is 1.89 bits per heavy atom. The van der Waals surface area contributed by atoms with E-state index in [1.54, 1.807) is 0 Å². The van der Waals surface area contributed by atoms with Crippen molar-refractivity contribution in [3.05, 3.63) is 17.8 Å². The van der Waals surface area contributed by atoms with Crippen LogP contribution in [0.5, 0.6) is 0 Å². The number of nitrogens with one attached hydrogen (secondary N) is 1. The van der Waals surface area contributed by atoms with Gasteiger partial charge in [0, 0.05) is 45.6 Å². The zero-order chi connectivity index (χ0) is 12.3. The minimum Gasteiger partial charge on any atom is -0.419 e. The summed E-state index contributed by atoms with van der Waals surface area (Å²) >= 11 is 0. The van der Waals surface area contributed by atoms with E-state index >= 15 is 0 Å². The minimum absolute atomic E-state index is 0. The first-order valence-corrected chi connectivity index (χ1v) is 5.80. The molecule has 0 aromatic carbocycles. The molecular weight excluding hydrogens is 309 g/mol. The van der Waals surface area contributed by atoms with Crippen LogP contribution in [0, 0.1) is 13.3 Å². The van der Waals surface area contributed by atoms with Gasteiger partial charge in [-0.1, -0.05) is 13.8 Å². The average molecular weight is 328 g/mol. The number of aromatic nitrogens is 3. The molecule has 6 nitrogen and oxygen atoms in total. The number of hydrogen-bond donors (Lipinski definition) is 1. The van der Waals surface area contributed by atoms with Gasteiger partial charge >= 0.3 is 0 Å². The Hall–Kier alpha value is -0.166. The van der Waals surface area contributed by atoms with Crippen LogP contribution < -0.4 is 5.62 Å². The van der Waals surface area contributed by atoms with Gasteiger partial charge in [0.15, 0.2) is 0 Å². The van der Waals surface area contributed by atoms with Crippen molar-refractivity contribution in [1.82, 2.24) is 15.0 Å². The van der Waals surface area contributed by atoms with Crippen LogP contribution in [0.2, 0.25) is 0 Å². The third kappa shape index (κ3) is 8.86. The SMILES string of the molecule is CCCOCCOCCN=c1n[c-]nc(C)[nH]1.[Y]. The monoisotopic (exact) mass is 328 g/mol. The zero-order valence-electron chi connectivity index (χ0n) is 11.0. The molecule has 0 amide bonds. The van der Waals surface area contributed by atoms with Gasteiger partial charge in [-0.15, -0.1) is 0 Å². The van der Waals surface area contributed by atoms with Crippen LogP contribution in [-0.4, -0.2) is 47.9 Å². The molecule has 0 aliphatic heterocycles. The molecule has 1 rings (SSSR count). The topological polar surface area (TPSA) is 72.4 Å². The van der Waals surface area contributed by atoms with Crippen LogP contribution in [0.15, 0.2) is 4.99 Å². The van der Waals surface area contributed by atoms with E-state index in [1.165, 1.54) is 0 Å². The van der Waals surface area contributed by atoms with Gasteiger partial charge in [-0.05, 0) is 12.2 Å². The molecule has 0 saturated carbocycles. The molecule has 1 aromatic heterocycles. The summed E-state index contributed by atoms with van der Waals surface area (Å²) in [5.41, 5.74) is 0.531. The molecule has 7 heteroatoms. The van der Waals surface area contributed by atoms with Crippen molar-refractivity contribution >= 4 is 0 Å². The number of aromatic amines is 1. The molecule has 0 unspecified atom stereocenters. The molecule has 0 aliphatic rings. The van der Waals surface area contributed by atoms with Crippen molar-refractivity contribution in [3.8, 4) is 0 Å². The van der Waals surface area contributed by atoms with Gasteiger partial charge < -0.3 is 29.4 Å². The Bertz CT molecular complexity index is 370. The summed E-state index contributed by atoms with van der Waals surface area (Å²) in [6.45, 7) is 7.07. The molecule has 0 spiro atoms. The van der Waals surface area contributed by atoms with Crippen LogP contribution in [0.3, 0.4) is 0 Å². The number of nitrogens with zero attached hydrogens (tertiary/aromatic N) is 3. The van der Waals surface area contributed by atoms with Crippen molar-refractivity contribution in [2.75, 3.05) is 33.0 Å². The Labute approximate surface area is 133 Å². The minimum atomic E-state index is 0. The second-order valence-corrected chi connectivity index (χ2v) is 3.46. The molecule has 0 aliphatic carbocycles. The van der Waals surface area contributed by atoms with Gasteiger partial charge in [0.1, 0.15) is 5.62 Å². The van der Waals surface area contributed by atoms with Crippen molar-refractivity contribution in [2.24, 2.45) is 4.99 Å². The van der Waals surface area contributed by atoms with Gasteiger partial charge in [-0.25, -0.2) is 0 Å².